The Morgan fingerprint density at radius 2 is 1.75 bits per heavy atom. The summed E-state index contributed by atoms with van der Waals surface area (Å²) in [6.45, 7) is 13.6. The first kappa shape index (κ1) is 10.9. The number of aliphatic imine (C=N–C) groups is 1. The molecule has 1 nitrogen and oxygen atoms in total. The second kappa shape index (κ2) is 4.70. The third-order valence-electron chi connectivity index (χ3n) is 1.36. The lowest BCUT2D eigenvalue weighted by Crippen LogP contribution is -2.07. The van der Waals surface area contributed by atoms with Gasteiger partial charge in [0.25, 0.3) is 0 Å². The summed E-state index contributed by atoms with van der Waals surface area (Å²) in [5.41, 5.74) is 1.07. The van der Waals surface area contributed by atoms with Crippen LogP contribution in [0.1, 0.15) is 20.8 Å². The van der Waals surface area contributed by atoms with Crippen LogP contribution in [0.2, 0.25) is 0 Å². The van der Waals surface area contributed by atoms with Gasteiger partial charge in [-0.1, -0.05) is 46.1 Å². The maximum absolute atomic E-state index is 4.25. The minimum Gasteiger partial charge on any atom is -0.261 e. The number of rotatable bonds is 3. The summed E-state index contributed by atoms with van der Waals surface area (Å²) in [5, 5.41) is 0. The normalized spacial score (nSPS) is 13.4. The Kier molecular flexibility index (Phi) is 4.27. The lowest BCUT2D eigenvalue weighted by molar-refractivity contribution is 0.499. The summed E-state index contributed by atoms with van der Waals surface area (Å²) in [4.78, 5) is 4.25. The molecular weight excluding hydrogens is 146 g/mol. The predicted octanol–water partition coefficient (Wildman–Crippen LogP) is 3.36. The zero-order valence-electron chi connectivity index (χ0n) is 8.17. The molecule has 0 saturated heterocycles. The SMILES string of the molecule is C=C/C=N\C(=C/C=C)C(C)(C)C. The zero-order chi connectivity index (χ0) is 9.61. The molecule has 0 atom stereocenters. The van der Waals surface area contributed by atoms with E-state index in [-0.39, 0.29) is 5.41 Å². The molecule has 0 aromatic carbocycles. The van der Waals surface area contributed by atoms with Crippen molar-refractivity contribution < 1.29 is 0 Å². The van der Waals surface area contributed by atoms with E-state index >= 15 is 0 Å². The van der Waals surface area contributed by atoms with Gasteiger partial charge in [-0.25, -0.2) is 0 Å². The highest BCUT2D eigenvalue weighted by atomic mass is 14.7. The average molecular weight is 163 g/mol. The lowest BCUT2D eigenvalue weighted by Gasteiger charge is -2.18. The summed E-state index contributed by atoms with van der Waals surface area (Å²) in [7, 11) is 0. The summed E-state index contributed by atoms with van der Waals surface area (Å²) >= 11 is 0. The molecule has 0 rings (SSSR count). The van der Waals surface area contributed by atoms with Gasteiger partial charge in [0.15, 0.2) is 0 Å². The Morgan fingerprint density at radius 1 is 1.17 bits per heavy atom. The van der Waals surface area contributed by atoms with Crippen LogP contribution >= 0.6 is 0 Å². The van der Waals surface area contributed by atoms with Crippen molar-refractivity contribution in [2.24, 2.45) is 10.4 Å². The van der Waals surface area contributed by atoms with E-state index in [1.165, 1.54) is 0 Å². The second-order valence-electron chi connectivity index (χ2n) is 3.55. The second-order valence-corrected chi connectivity index (χ2v) is 3.55. The first-order chi connectivity index (χ1) is 5.52. The largest absolute Gasteiger partial charge is 0.261 e. The molecule has 0 amide bonds. The van der Waals surface area contributed by atoms with E-state index in [4.69, 9.17) is 0 Å². The number of hydrogen-bond donors (Lipinski definition) is 0. The zero-order valence-corrected chi connectivity index (χ0v) is 8.17. The van der Waals surface area contributed by atoms with Crippen molar-refractivity contribution in [2.45, 2.75) is 20.8 Å². The third-order valence-corrected chi connectivity index (χ3v) is 1.36. The molecule has 0 heterocycles. The molecule has 0 aromatic rings. The highest BCUT2D eigenvalue weighted by molar-refractivity contribution is 5.71. The van der Waals surface area contributed by atoms with Crippen LogP contribution in [0.15, 0.2) is 42.1 Å². The van der Waals surface area contributed by atoms with Crippen LogP contribution in [-0.2, 0) is 0 Å². The molecule has 0 saturated carbocycles. The first-order valence-corrected chi connectivity index (χ1v) is 4.00. The van der Waals surface area contributed by atoms with Crippen LogP contribution < -0.4 is 0 Å². The highest BCUT2D eigenvalue weighted by Crippen LogP contribution is 2.25. The standard InChI is InChI=1S/C11H17N/c1-6-8-10(11(3,4)5)12-9-7-2/h6-9H,1-2H2,3-5H3/b10-8-,12-9-. The Morgan fingerprint density at radius 3 is 2.08 bits per heavy atom. The molecule has 0 unspecified atom stereocenters. The molecule has 0 aliphatic rings. The van der Waals surface area contributed by atoms with Crippen LogP contribution in [0, 0.1) is 5.41 Å². The molecule has 0 aliphatic heterocycles. The van der Waals surface area contributed by atoms with E-state index in [0.29, 0.717) is 0 Å². The van der Waals surface area contributed by atoms with Crippen LogP contribution in [0.25, 0.3) is 0 Å². The Labute approximate surface area is 75.2 Å². The topological polar surface area (TPSA) is 12.4 Å². The monoisotopic (exact) mass is 163 g/mol. The predicted molar refractivity (Wildman–Crippen MR) is 56.4 cm³/mol. The van der Waals surface area contributed by atoms with E-state index in [9.17, 15) is 0 Å². The van der Waals surface area contributed by atoms with Crippen LogP contribution in [0.3, 0.4) is 0 Å². The van der Waals surface area contributed by atoms with Gasteiger partial charge in [-0.2, -0.15) is 0 Å². The van der Waals surface area contributed by atoms with E-state index in [0.717, 1.165) is 5.70 Å². The van der Waals surface area contributed by atoms with Crippen molar-refractivity contribution in [2.75, 3.05) is 0 Å². The van der Waals surface area contributed by atoms with Gasteiger partial charge in [0.1, 0.15) is 0 Å². The molecule has 0 radical (unpaired) electrons. The fourth-order valence-electron chi connectivity index (χ4n) is 0.731. The quantitative estimate of drug-likeness (QED) is 0.447. The molecule has 0 aliphatic carbocycles. The maximum Gasteiger partial charge on any atom is 0.0456 e. The van der Waals surface area contributed by atoms with E-state index < -0.39 is 0 Å². The lowest BCUT2D eigenvalue weighted by atomic mass is 9.92. The smallest absolute Gasteiger partial charge is 0.0456 e. The number of nitrogens with zero attached hydrogens (tertiary/aromatic N) is 1. The fraction of sp³-hybridized carbons (Fsp3) is 0.364. The Hall–Kier alpha value is -1.11. The molecule has 66 valence electrons. The molecule has 0 spiro atoms. The summed E-state index contributed by atoms with van der Waals surface area (Å²) < 4.78 is 0. The highest BCUT2D eigenvalue weighted by Gasteiger charge is 2.14. The fourth-order valence-corrected chi connectivity index (χ4v) is 0.731. The van der Waals surface area contributed by atoms with Crippen molar-refractivity contribution in [3.63, 3.8) is 0 Å². The molecule has 0 aromatic heterocycles. The number of allylic oxidation sites excluding steroid dienone is 4. The summed E-state index contributed by atoms with van der Waals surface area (Å²) in [6, 6.07) is 0. The number of hydrogen-bond acceptors (Lipinski definition) is 1. The molecule has 0 N–H and O–H groups in total. The molecule has 12 heavy (non-hydrogen) atoms. The molecular formula is C11H17N. The Bertz CT molecular complexity index is 214. The van der Waals surface area contributed by atoms with E-state index in [1.54, 1.807) is 18.4 Å². The van der Waals surface area contributed by atoms with Crippen LogP contribution in [-0.4, -0.2) is 6.21 Å². The molecule has 1 heteroatoms. The van der Waals surface area contributed by atoms with Crippen molar-refractivity contribution in [3.05, 3.63) is 37.1 Å². The van der Waals surface area contributed by atoms with Gasteiger partial charge in [0, 0.05) is 17.3 Å². The minimum atomic E-state index is 0.0632. The summed E-state index contributed by atoms with van der Waals surface area (Å²) in [6.07, 6.45) is 7.03. The van der Waals surface area contributed by atoms with E-state index in [1.807, 2.05) is 6.08 Å². The third kappa shape index (κ3) is 3.91. The van der Waals surface area contributed by atoms with Gasteiger partial charge in [0.2, 0.25) is 0 Å². The molecule has 0 fully saturated rings. The van der Waals surface area contributed by atoms with Gasteiger partial charge >= 0.3 is 0 Å². The van der Waals surface area contributed by atoms with Crippen molar-refractivity contribution >= 4 is 6.21 Å². The van der Waals surface area contributed by atoms with Crippen LogP contribution in [0.5, 0.6) is 0 Å². The van der Waals surface area contributed by atoms with Gasteiger partial charge in [-0.15, -0.1) is 0 Å². The van der Waals surface area contributed by atoms with Gasteiger partial charge in [0.05, 0.1) is 0 Å². The maximum atomic E-state index is 4.25. The molecule has 0 bridgehead atoms. The summed E-state index contributed by atoms with van der Waals surface area (Å²) in [5.74, 6) is 0. The minimum absolute atomic E-state index is 0.0632. The van der Waals surface area contributed by atoms with Crippen molar-refractivity contribution in [1.29, 1.82) is 0 Å². The van der Waals surface area contributed by atoms with Crippen LogP contribution in [0.4, 0.5) is 0 Å². The van der Waals surface area contributed by atoms with Gasteiger partial charge in [-0.3, -0.25) is 4.99 Å². The average Bonchev–Trinajstić information content (AvgIpc) is 1.95. The first-order valence-electron chi connectivity index (χ1n) is 4.00. The van der Waals surface area contributed by atoms with Gasteiger partial charge < -0.3 is 0 Å². The van der Waals surface area contributed by atoms with Crippen molar-refractivity contribution in [1.82, 2.24) is 0 Å². The van der Waals surface area contributed by atoms with Gasteiger partial charge in [-0.05, 0) is 6.08 Å². The Balaban J connectivity index is 4.68. The van der Waals surface area contributed by atoms with E-state index in [2.05, 4.69) is 38.9 Å². The van der Waals surface area contributed by atoms with Crippen molar-refractivity contribution in [3.8, 4) is 0 Å².